The Kier molecular flexibility index (Phi) is 5.89. The highest BCUT2D eigenvalue weighted by atomic mass is 15.1. The number of benzene rings is 2. The van der Waals surface area contributed by atoms with E-state index >= 15 is 0 Å². The zero-order chi connectivity index (χ0) is 28.5. The maximum Gasteiger partial charge on any atom is 0.127 e. The Morgan fingerprint density at radius 2 is 1.98 bits per heavy atom. The van der Waals surface area contributed by atoms with Crippen molar-refractivity contribution in [2.45, 2.75) is 51.4 Å². The average molecular weight is 553 g/mol. The predicted octanol–water partition coefficient (Wildman–Crippen LogP) is 6.34. The molecule has 1 aliphatic heterocycles. The van der Waals surface area contributed by atoms with Crippen molar-refractivity contribution >= 4 is 27.4 Å². The number of nitrogens with zero attached hydrogens (tertiary/aromatic N) is 2. The monoisotopic (exact) mass is 552 g/mol. The fraction of sp³-hybridized carbons (Fsp3) is 0.333. The highest BCUT2D eigenvalue weighted by Crippen LogP contribution is 2.53. The van der Waals surface area contributed by atoms with Gasteiger partial charge in [0.05, 0.1) is 35.5 Å². The van der Waals surface area contributed by atoms with Gasteiger partial charge in [0.2, 0.25) is 0 Å². The number of nitrogens with one attached hydrogen (secondary N) is 4. The number of aromatic nitrogens is 4. The maximum atomic E-state index is 4.92. The molecule has 2 aromatic heterocycles. The first-order valence-electron chi connectivity index (χ1n) is 15.2. The van der Waals surface area contributed by atoms with E-state index in [2.05, 4.69) is 113 Å². The molecule has 0 radical (unpaired) electrons. The van der Waals surface area contributed by atoms with Crippen LogP contribution in [0.1, 0.15) is 55.6 Å². The fourth-order valence-corrected chi connectivity index (χ4v) is 7.20. The van der Waals surface area contributed by atoms with Gasteiger partial charge in [-0.3, -0.25) is 0 Å². The molecule has 0 spiro atoms. The Balaban J connectivity index is 0.954. The molecule has 4 N–H and O–H groups in total. The molecule has 6 heteroatoms. The van der Waals surface area contributed by atoms with Gasteiger partial charge in [0.25, 0.3) is 0 Å². The number of aromatic amines is 2. The van der Waals surface area contributed by atoms with Crippen molar-refractivity contribution in [2.24, 2.45) is 23.7 Å². The van der Waals surface area contributed by atoms with Crippen molar-refractivity contribution in [3.63, 3.8) is 0 Å². The highest BCUT2D eigenvalue weighted by Gasteiger charge is 2.56. The molecule has 0 amide bonds. The zero-order valence-electron chi connectivity index (χ0n) is 24.2. The molecule has 3 aliphatic carbocycles. The summed E-state index contributed by atoms with van der Waals surface area (Å²) in [5, 5.41) is 9.60. The van der Waals surface area contributed by atoms with E-state index in [4.69, 9.17) is 4.98 Å². The van der Waals surface area contributed by atoms with Gasteiger partial charge < -0.3 is 20.6 Å². The molecular formula is C36H36N6. The molecule has 2 aromatic carbocycles. The number of hydrogen-bond acceptors (Lipinski definition) is 4. The number of imidazole rings is 2. The lowest BCUT2D eigenvalue weighted by atomic mass is 9.96. The first-order valence-corrected chi connectivity index (χ1v) is 15.2. The molecule has 6 nitrogen and oxygen atoms in total. The Hall–Kier alpha value is -4.18. The normalized spacial score (nSPS) is 29.6. The molecule has 4 aliphatic rings. The number of allylic oxidation sites excluding steroid dienone is 4. The second-order valence-corrected chi connectivity index (χ2v) is 12.6. The number of fused-ring (bicyclic) bond motifs is 4. The Bertz CT molecular complexity index is 1890. The van der Waals surface area contributed by atoms with Crippen LogP contribution in [0.3, 0.4) is 0 Å². The number of piperidine rings is 1. The van der Waals surface area contributed by atoms with Crippen molar-refractivity contribution in [1.29, 1.82) is 0 Å². The lowest BCUT2D eigenvalue weighted by Gasteiger charge is -2.14. The van der Waals surface area contributed by atoms with Crippen LogP contribution in [0.4, 0.5) is 0 Å². The van der Waals surface area contributed by atoms with Crippen molar-refractivity contribution in [1.82, 2.24) is 30.6 Å². The van der Waals surface area contributed by atoms with Crippen LogP contribution in [-0.4, -0.2) is 32.0 Å². The van der Waals surface area contributed by atoms with Gasteiger partial charge in [-0.05, 0) is 65.3 Å². The van der Waals surface area contributed by atoms with E-state index < -0.39 is 0 Å². The van der Waals surface area contributed by atoms with E-state index in [1.54, 1.807) is 0 Å². The van der Waals surface area contributed by atoms with Gasteiger partial charge in [0, 0.05) is 34.5 Å². The Morgan fingerprint density at radius 1 is 1.07 bits per heavy atom. The Morgan fingerprint density at radius 3 is 2.74 bits per heavy atom. The third-order valence-corrected chi connectivity index (χ3v) is 10.0. The molecule has 4 aromatic rings. The standard InChI is InChI=1S/C36H36N6/c1-5-26-19(2)32(26)37-18-30-39-28-15-13-25-16-23(10-14-27(25)35(28)41-30)7-6-22-8-11-24(12-9-22)29-17-38-36(40-29)34-21(4)31-20(3)33(31)42-34/h5,8,10-11,13-17,19-20,26,31-34,37,42H,1,4,9,12,18H2,2-3H3,(H,38,40)(H,39,41). The smallest absolute Gasteiger partial charge is 0.127 e. The van der Waals surface area contributed by atoms with Crippen LogP contribution < -0.4 is 10.6 Å². The summed E-state index contributed by atoms with van der Waals surface area (Å²) in [7, 11) is 0. The largest absolute Gasteiger partial charge is 0.341 e. The van der Waals surface area contributed by atoms with Gasteiger partial charge in [-0.2, -0.15) is 0 Å². The predicted molar refractivity (Wildman–Crippen MR) is 169 cm³/mol. The van der Waals surface area contributed by atoms with E-state index in [-0.39, 0.29) is 6.04 Å². The van der Waals surface area contributed by atoms with E-state index in [0.29, 0.717) is 35.8 Å². The first-order chi connectivity index (χ1) is 20.5. The average Bonchev–Trinajstić information content (AvgIpc) is 3.50. The van der Waals surface area contributed by atoms with E-state index in [9.17, 15) is 0 Å². The van der Waals surface area contributed by atoms with Crippen molar-refractivity contribution in [3.05, 3.63) is 102 Å². The summed E-state index contributed by atoms with van der Waals surface area (Å²) in [5.41, 5.74) is 7.90. The van der Waals surface area contributed by atoms with Crippen molar-refractivity contribution in [2.75, 3.05) is 0 Å². The second-order valence-electron chi connectivity index (χ2n) is 12.6. The summed E-state index contributed by atoms with van der Waals surface area (Å²) in [6, 6.07) is 11.9. The van der Waals surface area contributed by atoms with Crippen LogP contribution in [0.2, 0.25) is 0 Å². The highest BCUT2D eigenvalue weighted by molar-refractivity contribution is 6.04. The molecule has 8 rings (SSSR count). The van der Waals surface area contributed by atoms with Gasteiger partial charge in [0.15, 0.2) is 0 Å². The quantitative estimate of drug-likeness (QED) is 0.166. The number of hydrogen-bond donors (Lipinski definition) is 4. The van der Waals surface area contributed by atoms with E-state index in [0.717, 1.165) is 69.7 Å². The van der Waals surface area contributed by atoms with Gasteiger partial charge >= 0.3 is 0 Å². The lowest BCUT2D eigenvalue weighted by Crippen LogP contribution is -2.22. The minimum Gasteiger partial charge on any atom is -0.341 e. The van der Waals surface area contributed by atoms with Crippen LogP contribution >= 0.6 is 0 Å². The number of H-pyrrole nitrogens is 2. The van der Waals surface area contributed by atoms with Crippen LogP contribution in [0.5, 0.6) is 0 Å². The summed E-state index contributed by atoms with van der Waals surface area (Å²) in [4.78, 5) is 16.7. The third-order valence-electron chi connectivity index (χ3n) is 10.0. The summed E-state index contributed by atoms with van der Waals surface area (Å²) in [5.74, 6) is 11.3. The molecule has 3 fully saturated rings. The molecule has 7 unspecified atom stereocenters. The van der Waals surface area contributed by atoms with Crippen molar-refractivity contribution < 1.29 is 0 Å². The second kappa shape index (κ2) is 9.69. The summed E-state index contributed by atoms with van der Waals surface area (Å²) < 4.78 is 0. The van der Waals surface area contributed by atoms with E-state index in [1.807, 2.05) is 6.20 Å². The van der Waals surface area contributed by atoms with Crippen molar-refractivity contribution in [3.8, 4) is 11.8 Å². The van der Waals surface area contributed by atoms with Gasteiger partial charge in [-0.15, -0.1) is 6.58 Å². The maximum absolute atomic E-state index is 4.92. The number of rotatable bonds is 6. The molecule has 2 saturated carbocycles. The van der Waals surface area contributed by atoms with Crippen LogP contribution in [-0.2, 0) is 6.54 Å². The van der Waals surface area contributed by atoms with Crippen LogP contribution in [0.15, 0.2) is 79.1 Å². The minimum atomic E-state index is 0.151. The first kappa shape index (κ1) is 25.5. The summed E-state index contributed by atoms with van der Waals surface area (Å²) >= 11 is 0. The van der Waals surface area contributed by atoms with E-state index in [1.165, 1.54) is 11.1 Å². The molecule has 3 heterocycles. The summed E-state index contributed by atoms with van der Waals surface area (Å²) in [6.07, 6.45) is 10.2. The molecular weight excluding hydrogens is 516 g/mol. The lowest BCUT2D eigenvalue weighted by molar-refractivity contribution is 0.572. The molecule has 7 atom stereocenters. The molecule has 210 valence electrons. The molecule has 1 saturated heterocycles. The Labute approximate surface area is 246 Å². The topological polar surface area (TPSA) is 81.4 Å². The van der Waals surface area contributed by atoms with Crippen LogP contribution in [0.25, 0.3) is 27.4 Å². The molecule has 42 heavy (non-hydrogen) atoms. The molecule has 0 bridgehead atoms. The summed E-state index contributed by atoms with van der Waals surface area (Å²) in [6.45, 7) is 13.6. The van der Waals surface area contributed by atoms with Crippen LogP contribution in [0, 0.1) is 35.5 Å². The van der Waals surface area contributed by atoms with Gasteiger partial charge in [-0.25, -0.2) is 9.97 Å². The van der Waals surface area contributed by atoms with Gasteiger partial charge in [-0.1, -0.05) is 62.6 Å². The minimum absolute atomic E-state index is 0.151. The third kappa shape index (κ3) is 4.27. The fourth-order valence-electron chi connectivity index (χ4n) is 7.20. The van der Waals surface area contributed by atoms with Gasteiger partial charge in [0.1, 0.15) is 11.6 Å². The zero-order valence-corrected chi connectivity index (χ0v) is 24.2. The SMILES string of the molecule is C=CC1C(C)C1NCc1nc2c(ccc3cc(C#CC4=CC=C(c5cnc(C6NC7C(C)C7C6=C)[nH]5)CC4)ccc32)[nH]1.